The molecular formula is C21H29N5O2. The zero-order valence-corrected chi connectivity index (χ0v) is 17.3. The highest BCUT2D eigenvalue weighted by Gasteiger charge is 2.15. The summed E-state index contributed by atoms with van der Waals surface area (Å²) in [7, 11) is 1.42. The summed E-state index contributed by atoms with van der Waals surface area (Å²) in [6, 6.07) is 5.12. The summed E-state index contributed by atoms with van der Waals surface area (Å²) in [6.45, 7) is 8.47. The number of nitrogens with one attached hydrogen (secondary N) is 2. The molecule has 0 radical (unpaired) electrons. The van der Waals surface area contributed by atoms with Gasteiger partial charge in [-0.15, -0.1) is 0 Å². The molecule has 150 valence electrons. The second-order valence-electron chi connectivity index (χ2n) is 6.84. The number of urea groups is 1. The number of hydrogen-bond donors (Lipinski definition) is 2. The molecule has 28 heavy (non-hydrogen) atoms. The predicted molar refractivity (Wildman–Crippen MR) is 111 cm³/mol. The van der Waals surface area contributed by atoms with Gasteiger partial charge in [0.15, 0.2) is 0 Å². The summed E-state index contributed by atoms with van der Waals surface area (Å²) in [5.41, 5.74) is 14.2. The van der Waals surface area contributed by atoms with E-state index in [-0.39, 0.29) is 6.61 Å². The van der Waals surface area contributed by atoms with E-state index in [4.69, 9.17) is 10.4 Å². The van der Waals surface area contributed by atoms with E-state index in [2.05, 4.69) is 35.6 Å². The van der Waals surface area contributed by atoms with Crippen LogP contribution in [0, 0.1) is 12.5 Å². The van der Waals surface area contributed by atoms with E-state index in [0.29, 0.717) is 5.69 Å². The third kappa shape index (κ3) is 5.06. The number of benzene rings is 1. The second-order valence-corrected chi connectivity index (χ2v) is 6.84. The molecular weight excluding hydrogens is 354 g/mol. The van der Waals surface area contributed by atoms with Crippen molar-refractivity contribution < 1.29 is 9.63 Å². The lowest BCUT2D eigenvalue weighted by molar-refractivity contribution is 0.130. The highest BCUT2D eigenvalue weighted by atomic mass is 16.6. The van der Waals surface area contributed by atoms with Crippen molar-refractivity contribution in [1.82, 2.24) is 5.01 Å². The molecule has 1 aromatic rings. The van der Waals surface area contributed by atoms with Crippen molar-refractivity contribution in [3.8, 4) is 0 Å². The lowest BCUT2D eigenvalue weighted by Crippen LogP contribution is -2.26. The van der Waals surface area contributed by atoms with Crippen LogP contribution in [0.25, 0.3) is 0 Å². The summed E-state index contributed by atoms with van der Waals surface area (Å²) in [4.78, 5) is 17.7. The van der Waals surface area contributed by atoms with Gasteiger partial charge in [-0.3, -0.25) is 0 Å². The number of nitrogens with zero attached hydrogens (tertiary/aromatic N) is 3. The van der Waals surface area contributed by atoms with Crippen LogP contribution in [0.1, 0.15) is 51.2 Å². The number of carbonyl (C=O) groups excluding carboxylic acids is 1. The topological polar surface area (TPSA) is 90.1 Å². The van der Waals surface area contributed by atoms with Crippen LogP contribution in [0.5, 0.6) is 0 Å². The minimum Gasteiger partial charge on any atom is -0.391 e. The zero-order valence-electron chi connectivity index (χ0n) is 17.3. The molecule has 0 fully saturated rings. The van der Waals surface area contributed by atoms with Crippen LogP contribution in [0.2, 0.25) is 0 Å². The molecule has 7 nitrogen and oxygen atoms in total. The molecule has 2 N–H and O–H groups in total. The van der Waals surface area contributed by atoms with Gasteiger partial charge in [-0.2, -0.15) is 10.5 Å². The van der Waals surface area contributed by atoms with E-state index in [1.165, 1.54) is 18.2 Å². The van der Waals surface area contributed by atoms with E-state index in [0.717, 1.165) is 46.7 Å². The fourth-order valence-corrected chi connectivity index (χ4v) is 3.28. The highest BCUT2D eigenvalue weighted by molar-refractivity contribution is 6.02. The van der Waals surface area contributed by atoms with Gasteiger partial charge in [0.1, 0.15) is 6.61 Å². The van der Waals surface area contributed by atoms with Crippen molar-refractivity contribution >= 4 is 17.4 Å². The van der Waals surface area contributed by atoms with Crippen LogP contribution in [0.15, 0.2) is 51.4 Å². The van der Waals surface area contributed by atoms with Crippen LogP contribution in [0.4, 0.5) is 10.5 Å². The highest BCUT2D eigenvalue weighted by Crippen LogP contribution is 2.28. The van der Waals surface area contributed by atoms with E-state index in [1.54, 1.807) is 6.07 Å². The number of rotatable bonds is 7. The quantitative estimate of drug-likeness (QED) is 0.357. The van der Waals surface area contributed by atoms with E-state index in [9.17, 15) is 4.79 Å². The molecule has 0 spiro atoms. The Bertz CT molecular complexity index is 839. The number of aryl methyl sites for hydroxylation is 1. The lowest BCUT2D eigenvalue weighted by Gasteiger charge is -2.18. The molecule has 2 rings (SSSR count). The standard InChI is InChI=1S/C21H29N5O2/c1-6-17-10-8-11-18(15(17)3)16(4)24-28-13-19-14(2)9-7-12-20(19)23-21(27)26(5)25-22/h7,9,11-12,22H,6,8,10,13H2,1-5H3,(H,23,27)/b24-16-,25-22?. The zero-order chi connectivity index (χ0) is 20.7. The fourth-order valence-electron chi connectivity index (χ4n) is 3.28. The van der Waals surface area contributed by atoms with Crippen molar-refractivity contribution in [1.29, 1.82) is 5.53 Å². The number of anilines is 1. The predicted octanol–water partition coefficient (Wildman–Crippen LogP) is 5.74. The Kier molecular flexibility index (Phi) is 7.49. The van der Waals surface area contributed by atoms with Crippen molar-refractivity contribution in [2.45, 2.75) is 53.6 Å². The first-order chi connectivity index (χ1) is 13.4. The number of amides is 2. The van der Waals surface area contributed by atoms with Crippen LogP contribution in [-0.4, -0.2) is 23.8 Å². The van der Waals surface area contributed by atoms with Crippen LogP contribution >= 0.6 is 0 Å². The first-order valence-electron chi connectivity index (χ1n) is 9.45. The van der Waals surface area contributed by atoms with Gasteiger partial charge in [-0.05, 0) is 62.8 Å². The van der Waals surface area contributed by atoms with Gasteiger partial charge in [-0.1, -0.05) is 41.1 Å². The van der Waals surface area contributed by atoms with Gasteiger partial charge in [-0.25, -0.2) is 4.79 Å². The second kappa shape index (κ2) is 9.82. The largest absolute Gasteiger partial charge is 0.391 e. The normalized spacial score (nSPS) is 14.5. The molecule has 7 heteroatoms. The third-order valence-corrected chi connectivity index (χ3v) is 5.05. The lowest BCUT2D eigenvalue weighted by atomic mass is 9.88. The fraction of sp³-hybridized carbons (Fsp3) is 0.429. The summed E-state index contributed by atoms with van der Waals surface area (Å²) >= 11 is 0. The smallest absolute Gasteiger partial charge is 0.343 e. The van der Waals surface area contributed by atoms with Crippen LogP contribution in [-0.2, 0) is 11.4 Å². The van der Waals surface area contributed by atoms with Crippen molar-refractivity contribution in [2.75, 3.05) is 12.4 Å². The summed E-state index contributed by atoms with van der Waals surface area (Å²) in [5, 5.41) is 11.1. The minimum absolute atomic E-state index is 0.234. The monoisotopic (exact) mass is 383 g/mol. The molecule has 0 aromatic heterocycles. The molecule has 2 amide bonds. The molecule has 0 atom stereocenters. The first-order valence-corrected chi connectivity index (χ1v) is 9.45. The maximum absolute atomic E-state index is 12.0. The molecule has 1 aromatic carbocycles. The van der Waals surface area contributed by atoms with Crippen molar-refractivity contribution in [3.05, 3.63) is 52.1 Å². The molecule has 0 aliphatic heterocycles. The molecule has 0 heterocycles. The number of carbonyl (C=O) groups is 1. The Morgan fingerprint density at radius 3 is 2.79 bits per heavy atom. The Morgan fingerprint density at radius 2 is 2.11 bits per heavy atom. The minimum atomic E-state index is -0.484. The number of oxime groups is 1. The molecule has 0 unspecified atom stereocenters. The van der Waals surface area contributed by atoms with Gasteiger partial charge in [0, 0.05) is 18.3 Å². The van der Waals surface area contributed by atoms with E-state index < -0.39 is 6.03 Å². The number of allylic oxidation sites excluding steroid dienone is 4. The van der Waals surface area contributed by atoms with E-state index in [1.807, 2.05) is 26.0 Å². The molecule has 0 saturated carbocycles. The number of hydrogen-bond acceptors (Lipinski definition) is 5. The molecule has 0 saturated heterocycles. The SMILES string of the molecule is CCC1=C(C)C(/C(C)=N\OCc2c(C)cccc2NC(=O)N(C)N=N)=CCC1. The maximum Gasteiger partial charge on any atom is 0.343 e. The van der Waals surface area contributed by atoms with Gasteiger partial charge in [0.2, 0.25) is 0 Å². The third-order valence-electron chi connectivity index (χ3n) is 5.05. The van der Waals surface area contributed by atoms with Crippen LogP contribution < -0.4 is 5.32 Å². The average Bonchev–Trinajstić information content (AvgIpc) is 2.69. The Morgan fingerprint density at radius 1 is 1.36 bits per heavy atom. The van der Waals surface area contributed by atoms with Crippen molar-refractivity contribution in [2.24, 2.45) is 10.4 Å². The summed E-state index contributed by atoms with van der Waals surface area (Å²) in [6.07, 6.45) is 5.43. The van der Waals surface area contributed by atoms with Gasteiger partial charge < -0.3 is 10.2 Å². The Labute approximate surface area is 166 Å². The molecule has 0 bridgehead atoms. The average molecular weight is 383 g/mol. The summed E-state index contributed by atoms with van der Waals surface area (Å²) < 4.78 is 0. The maximum atomic E-state index is 12.0. The molecule has 1 aliphatic rings. The molecule has 1 aliphatic carbocycles. The summed E-state index contributed by atoms with van der Waals surface area (Å²) in [5.74, 6) is 0. The van der Waals surface area contributed by atoms with Gasteiger partial charge in [0.25, 0.3) is 0 Å². The van der Waals surface area contributed by atoms with Gasteiger partial charge >= 0.3 is 6.03 Å². The van der Waals surface area contributed by atoms with Crippen molar-refractivity contribution in [3.63, 3.8) is 0 Å². The van der Waals surface area contributed by atoms with E-state index >= 15 is 0 Å². The van der Waals surface area contributed by atoms with Gasteiger partial charge in [0.05, 0.1) is 5.71 Å². The Balaban J connectivity index is 2.13. The Hall–Kier alpha value is -2.96. The van der Waals surface area contributed by atoms with Crippen LogP contribution in [0.3, 0.4) is 0 Å². The first kappa shape index (κ1) is 21.3.